The van der Waals surface area contributed by atoms with Crippen LogP contribution in [0.1, 0.15) is 129 Å². The van der Waals surface area contributed by atoms with Crippen LogP contribution in [-0.4, -0.2) is 17.8 Å². The molecule has 3 aromatic carbocycles. The average molecular weight is 595 g/mol. The van der Waals surface area contributed by atoms with Gasteiger partial charge in [-0.05, 0) is 102 Å². The van der Waals surface area contributed by atoms with Crippen molar-refractivity contribution in [3.05, 3.63) is 65.2 Å². The van der Waals surface area contributed by atoms with Gasteiger partial charge in [0.2, 0.25) is 0 Å². The Balaban J connectivity index is 1.32. The van der Waals surface area contributed by atoms with Crippen molar-refractivity contribution in [2.75, 3.05) is 9.80 Å². The Morgan fingerprint density at radius 3 is 1.84 bits per heavy atom. The minimum atomic E-state index is 0.0715. The summed E-state index contributed by atoms with van der Waals surface area (Å²) in [5.41, 5.74) is 16.2. The third-order valence-corrected chi connectivity index (χ3v) is 15.5. The van der Waals surface area contributed by atoms with Crippen molar-refractivity contribution in [3.63, 3.8) is 0 Å². The summed E-state index contributed by atoms with van der Waals surface area (Å²) in [7, 11) is 0. The van der Waals surface area contributed by atoms with Crippen LogP contribution in [0.5, 0.6) is 0 Å². The fourth-order valence-electron chi connectivity index (χ4n) is 12.8. The first-order valence-electron chi connectivity index (χ1n) is 18.5. The maximum Gasteiger partial charge on any atom is 0.252 e. The number of nitrogens with zero attached hydrogens (tertiary/aromatic N) is 2. The van der Waals surface area contributed by atoms with E-state index < -0.39 is 0 Å². The topological polar surface area (TPSA) is 6.48 Å². The van der Waals surface area contributed by atoms with Crippen molar-refractivity contribution >= 4 is 45.9 Å². The first kappa shape index (κ1) is 27.4. The molecule has 0 aromatic heterocycles. The molecule has 10 rings (SSSR count). The first-order chi connectivity index (χ1) is 21.4. The summed E-state index contributed by atoms with van der Waals surface area (Å²) in [5.74, 6) is 1.74. The summed E-state index contributed by atoms with van der Waals surface area (Å²) in [4.78, 5) is 5.90. The number of anilines is 4. The normalized spacial score (nSPS) is 36.6. The molecule has 3 aromatic rings. The van der Waals surface area contributed by atoms with E-state index in [0.29, 0.717) is 6.71 Å². The monoisotopic (exact) mass is 594 g/mol. The molecule has 6 atom stereocenters. The highest BCUT2D eigenvalue weighted by Crippen LogP contribution is 2.66. The van der Waals surface area contributed by atoms with Crippen molar-refractivity contribution in [2.45, 2.75) is 140 Å². The summed E-state index contributed by atoms with van der Waals surface area (Å²) >= 11 is 0. The van der Waals surface area contributed by atoms with Crippen molar-refractivity contribution < 1.29 is 0 Å². The van der Waals surface area contributed by atoms with Crippen molar-refractivity contribution in [3.8, 4) is 0 Å². The van der Waals surface area contributed by atoms with Gasteiger partial charge in [0, 0.05) is 33.6 Å². The molecular weight excluding hydrogens is 543 g/mol. The van der Waals surface area contributed by atoms with Crippen molar-refractivity contribution in [1.29, 1.82) is 0 Å². The molecule has 4 heterocycles. The van der Waals surface area contributed by atoms with Crippen LogP contribution in [0.15, 0.2) is 48.5 Å². The number of para-hydroxylation sites is 2. The van der Waals surface area contributed by atoms with Gasteiger partial charge in [-0.25, -0.2) is 0 Å². The number of benzene rings is 3. The van der Waals surface area contributed by atoms with Crippen LogP contribution in [0.2, 0.25) is 0 Å². The van der Waals surface area contributed by atoms with Gasteiger partial charge in [-0.1, -0.05) is 110 Å². The van der Waals surface area contributed by atoms with E-state index >= 15 is 0 Å². The molecule has 0 radical (unpaired) electrons. The minimum absolute atomic E-state index is 0.0715. The van der Waals surface area contributed by atoms with Gasteiger partial charge >= 0.3 is 0 Å². The second-order valence-corrected chi connectivity index (χ2v) is 18.4. The number of hydrogen-bond donors (Lipinski definition) is 0. The van der Waals surface area contributed by atoms with Gasteiger partial charge in [-0.15, -0.1) is 0 Å². The zero-order chi connectivity index (χ0) is 30.9. The Hall–Kier alpha value is -2.68. The molecule has 3 heteroatoms. The lowest BCUT2D eigenvalue weighted by Gasteiger charge is -2.58. The SMILES string of the molecule is CC(C)(C)c1cc2c3c(c1)N1c4c(cccc4C4(C)CC5CCCCC5CC14C)B3c1cccc3c1N2C1(C)CCCCC31C. The van der Waals surface area contributed by atoms with Gasteiger partial charge in [-0.2, -0.15) is 0 Å². The van der Waals surface area contributed by atoms with Gasteiger partial charge in [0.25, 0.3) is 6.71 Å². The van der Waals surface area contributed by atoms with Crippen LogP contribution in [0.3, 0.4) is 0 Å². The molecule has 6 unspecified atom stereocenters. The first-order valence-corrected chi connectivity index (χ1v) is 18.5. The third-order valence-electron chi connectivity index (χ3n) is 15.5. The van der Waals surface area contributed by atoms with E-state index in [4.69, 9.17) is 0 Å². The highest BCUT2D eigenvalue weighted by Gasteiger charge is 2.66. The number of fused-ring (bicyclic) bond motifs is 11. The molecule has 0 amide bonds. The Labute approximate surface area is 272 Å². The molecule has 0 N–H and O–H groups in total. The van der Waals surface area contributed by atoms with Gasteiger partial charge in [0.05, 0.1) is 11.1 Å². The quantitative estimate of drug-likeness (QED) is 0.241. The van der Waals surface area contributed by atoms with Crippen LogP contribution in [0, 0.1) is 11.8 Å². The van der Waals surface area contributed by atoms with Crippen LogP contribution in [-0.2, 0) is 16.2 Å². The zero-order valence-electron chi connectivity index (χ0n) is 28.8. The molecule has 232 valence electrons. The van der Waals surface area contributed by atoms with E-state index in [9.17, 15) is 0 Å². The molecule has 0 bridgehead atoms. The predicted octanol–water partition coefficient (Wildman–Crippen LogP) is 8.64. The molecule has 45 heavy (non-hydrogen) atoms. The number of rotatable bonds is 0. The second-order valence-electron chi connectivity index (χ2n) is 18.4. The van der Waals surface area contributed by atoms with E-state index in [-0.39, 0.29) is 27.3 Å². The Bertz CT molecular complexity index is 1820. The maximum absolute atomic E-state index is 2.97. The van der Waals surface area contributed by atoms with Crippen molar-refractivity contribution in [1.82, 2.24) is 0 Å². The van der Waals surface area contributed by atoms with Crippen LogP contribution >= 0.6 is 0 Å². The van der Waals surface area contributed by atoms with Crippen LogP contribution < -0.4 is 26.2 Å². The highest BCUT2D eigenvalue weighted by atomic mass is 15.3. The van der Waals surface area contributed by atoms with Crippen LogP contribution in [0.25, 0.3) is 0 Å². The fraction of sp³-hybridized carbons (Fsp3) is 0.571. The number of hydrogen-bond acceptors (Lipinski definition) is 2. The van der Waals surface area contributed by atoms with E-state index in [2.05, 4.69) is 107 Å². The standard InChI is InChI=1S/C42H51BN2/c1-38(2,3)28-22-33-35-34(23-28)45-37-30(40(5)24-26-14-8-9-15-27(26)25-42(40,45)7)17-13-19-32(37)43(35)31-18-12-16-29-36(31)44(33)41(6)21-11-10-20-39(29,41)4/h12-13,16-19,22-23,26-27H,8-11,14-15,20-21,24-25H2,1-7H3. The van der Waals surface area contributed by atoms with Gasteiger partial charge in [0.15, 0.2) is 0 Å². The van der Waals surface area contributed by atoms with Gasteiger partial charge in [-0.3, -0.25) is 0 Å². The predicted molar refractivity (Wildman–Crippen MR) is 192 cm³/mol. The molecule has 3 fully saturated rings. The summed E-state index contributed by atoms with van der Waals surface area (Å²) in [6.45, 7) is 18.2. The van der Waals surface area contributed by atoms with Crippen molar-refractivity contribution in [2.24, 2.45) is 11.8 Å². The summed E-state index contributed by atoms with van der Waals surface area (Å²) < 4.78 is 0. The molecule has 0 spiro atoms. The minimum Gasteiger partial charge on any atom is -0.335 e. The molecule has 2 nitrogen and oxygen atoms in total. The Morgan fingerprint density at radius 2 is 1.22 bits per heavy atom. The van der Waals surface area contributed by atoms with E-state index in [1.165, 1.54) is 81.1 Å². The maximum atomic E-state index is 2.97. The lowest BCUT2D eigenvalue weighted by Crippen LogP contribution is -2.67. The second kappa shape index (κ2) is 8.24. The van der Waals surface area contributed by atoms with Gasteiger partial charge < -0.3 is 9.80 Å². The van der Waals surface area contributed by atoms with E-state index in [0.717, 1.165) is 11.8 Å². The smallest absolute Gasteiger partial charge is 0.252 e. The largest absolute Gasteiger partial charge is 0.335 e. The fourth-order valence-corrected chi connectivity index (χ4v) is 12.8. The third kappa shape index (κ3) is 2.94. The molecule has 0 saturated heterocycles. The average Bonchev–Trinajstić information content (AvgIpc) is 3.35. The van der Waals surface area contributed by atoms with E-state index in [1.807, 2.05) is 0 Å². The molecular formula is C42H51BN2. The summed E-state index contributed by atoms with van der Waals surface area (Å²) in [5, 5.41) is 0. The Kier molecular flexibility index (Phi) is 5.02. The zero-order valence-corrected chi connectivity index (χ0v) is 28.8. The van der Waals surface area contributed by atoms with Crippen LogP contribution in [0.4, 0.5) is 22.7 Å². The lowest BCUT2D eigenvalue weighted by atomic mass is 9.33. The van der Waals surface area contributed by atoms with Gasteiger partial charge in [0.1, 0.15) is 0 Å². The Morgan fingerprint density at radius 1 is 0.667 bits per heavy atom. The molecule has 3 saturated carbocycles. The molecule has 7 aliphatic rings. The molecule has 3 aliphatic carbocycles. The van der Waals surface area contributed by atoms with E-state index in [1.54, 1.807) is 38.9 Å². The molecule has 4 aliphatic heterocycles. The summed E-state index contributed by atoms with van der Waals surface area (Å²) in [6.07, 6.45) is 13.6. The highest BCUT2D eigenvalue weighted by molar-refractivity contribution is 7.00. The lowest BCUT2D eigenvalue weighted by molar-refractivity contribution is 0.0581. The summed E-state index contributed by atoms with van der Waals surface area (Å²) in [6, 6.07) is 20.3.